The van der Waals surface area contributed by atoms with Gasteiger partial charge in [0, 0.05) is 5.57 Å². The van der Waals surface area contributed by atoms with Gasteiger partial charge in [-0.15, -0.1) is 0 Å². The van der Waals surface area contributed by atoms with Gasteiger partial charge >= 0.3 is 5.97 Å². The van der Waals surface area contributed by atoms with Crippen LogP contribution in [0.15, 0.2) is 66.0 Å². The molecule has 7 heteroatoms. The van der Waals surface area contributed by atoms with Crippen LogP contribution < -0.4 is 11.1 Å². The van der Waals surface area contributed by atoms with E-state index in [4.69, 9.17) is 5.73 Å². The van der Waals surface area contributed by atoms with Gasteiger partial charge in [0.25, 0.3) is 0 Å². The Kier molecular flexibility index (Phi) is 7.27. The van der Waals surface area contributed by atoms with Gasteiger partial charge in [-0.2, -0.15) is 0 Å². The Bertz CT molecular complexity index is 766. The number of allylic oxidation sites excluding steroid dienone is 4. The number of hydrogen-bond donors (Lipinski definition) is 3. The quantitative estimate of drug-likeness (QED) is 0.382. The van der Waals surface area contributed by atoms with Crippen molar-refractivity contribution >= 4 is 17.6 Å². The molecule has 1 unspecified atom stereocenters. The maximum absolute atomic E-state index is 13.2. The van der Waals surface area contributed by atoms with Crippen LogP contribution in [0.25, 0.3) is 0 Å². The number of carboxylic acids is 1. The molecule has 1 atom stereocenters. The van der Waals surface area contributed by atoms with E-state index in [1.54, 1.807) is 25.2 Å². The number of nitrogens with zero attached hydrogens (tertiary/aromatic N) is 2. The second kappa shape index (κ2) is 9.17. The second-order valence-electron chi connectivity index (χ2n) is 5.06. The van der Waals surface area contributed by atoms with Crippen LogP contribution in [0.3, 0.4) is 0 Å². The van der Waals surface area contributed by atoms with Crippen LogP contribution >= 0.6 is 0 Å². The summed E-state index contributed by atoms with van der Waals surface area (Å²) in [6.45, 7) is 10.8. The molecule has 0 fully saturated rings. The fourth-order valence-electron chi connectivity index (χ4n) is 1.92. The largest absolute Gasteiger partial charge is 0.478 e. The van der Waals surface area contributed by atoms with E-state index in [9.17, 15) is 14.3 Å². The number of carbonyl (C=O) groups is 1. The number of carboxylic acid groups (broad SMARTS) is 1. The van der Waals surface area contributed by atoms with Gasteiger partial charge in [0.1, 0.15) is 23.0 Å². The molecule has 0 spiro atoms. The van der Waals surface area contributed by atoms with Crippen LogP contribution in [0.2, 0.25) is 0 Å². The van der Waals surface area contributed by atoms with Gasteiger partial charge in [-0.1, -0.05) is 31.4 Å². The van der Waals surface area contributed by atoms with Crippen LogP contribution in [0.1, 0.15) is 24.2 Å². The van der Waals surface area contributed by atoms with E-state index in [2.05, 4.69) is 28.5 Å². The SMILES string of the molecule is C=CC(=C)N=C(N)/C(=C\C=C/C)C(C)Nc1ncc(F)cc1C(=O)O. The number of hydrogen-bond acceptors (Lipinski definition) is 4. The van der Waals surface area contributed by atoms with Crippen molar-refractivity contribution < 1.29 is 14.3 Å². The van der Waals surface area contributed by atoms with Gasteiger partial charge in [-0.25, -0.2) is 19.2 Å². The third-order valence-electron chi connectivity index (χ3n) is 3.17. The van der Waals surface area contributed by atoms with E-state index >= 15 is 0 Å². The lowest BCUT2D eigenvalue weighted by atomic mass is 10.1. The van der Waals surface area contributed by atoms with E-state index in [0.29, 0.717) is 11.3 Å². The molecule has 0 aromatic carbocycles. The highest BCUT2D eigenvalue weighted by molar-refractivity contribution is 6.00. The lowest BCUT2D eigenvalue weighted by molar-refractivity contribution is 0.0697. The molecule has 1 aromatic heterocycles. The number of aliphatic imine (C=N–C) groups is 1. The van der Waals surface area contributed by atoms with Crippen molar-refractivity contribution in [2.24, 2.45) is 10.7 Å². The zero-order valence-electron chi connectivity index (χ0n) is 14.2. The lowest BCUT2D eigenvalue weighted by Crippen LogP contribution is -2.29. The number of nitrogens with two attached hydrogens (primary N) is 1. The summed E-state index contributed by atoms with van der Waals surface area (Å²) < 4.78 is 13.2. The van der Waals surface area contributed by atoms with E-state index in [-0.39, 0.29) is 17.2 Å². The van der Waals surface area contributed by atoms with Crippen LogP contribution in [0.5, 0.6) is 0 Å². The molecule has 1 rings (SSSR count). The van der Waals surface area contributed by atoms with Crippen molar-refractivity contribution in [3.05, 3.63) is 72.4 Å². The van der Waals surface area contributed by atoms with Gasteiger partial charge in [0.05, 0.1) is 17.9 Å². The van der Waals surface area contributed by atoms with Crippen LogP contribution in [0.4, 0.5) is 10.2 Å². The molecule has 0 aliphatic rings. The molecule has 0 saturated heterocycles. The first-order valence-electron chi connectivity index (χ1n) is 7.44. The smallest absolute Gasteiger partial charge is 0.339 e. The normalized spacial score (nSPS) is 13.6. The first-order chi connectivity index (χ1) is 11.8. The Labute approximate surface area is 146 Å². The molecule has 0 amide bonds. The summed E-state index contributed by atoms with van der Waals surface area (Å²) in [6.07, 6.45) is 7.71. The van der Waals surface area contributed by atoms with E-state index in [1.165, 1.54) is 6.08 Å². The average molecular weight is 344 g/mol. The van der Waals surface area contributed by atoms with Gasteiger partial charge in [0.2, 0.25) is 0 Å². The summed E-state index contributed by atoms with van der Waals surface area (Å²) in [5.41, 5.74) is 6.72. The Morgan fingerprint density at radius 1 is 1.56 bits per heavy atom. The molecule has 0 saturated carbocycles. The minimum atomic E-state index is -1.29. The third kappa shape index (κ3) is 5.72. The molecule has 0 aliphatic carbocycles. The summed E-state index contributed by atoms with van der Waals surface area (Å²) in [6, 6.07) is 0.449. The van der Waals surface area contributed by atoms with Crippen molar-refractivity contribution in [3.63, 3.8) is 0 Å². The van der Waals surface area contributed by atoms with E-state index < -0.39 is 17.8 Å². The molecule has 0 radical (unpaired) electrons. The second-order valence-corrected chi connectivity index (χ2v) is 5.06. The molecular formula is C18H21FN4O2. The number of nitrogens with one attached hydrogen (secondary N) is 1. The zero-order chi connectivity index (χ0) is 19.0. The summed E-state index contributed by atoms with van der Waals surface area (Å²) in [5, 5.41) is 12.1. The van der Waals surface area contributed by atoms with Crippen LogP contribution in [0, 0.1) is 5.82 Å². The third-order valence-corrected chi connectivity index (χ3v) is 3.17. The molecule has 6 nitrogen and oxygen atoms in total. The number of amidine groups is 1. The molecule has 0 bridgehead atoms. The first-order valence-corrected chi connectivity index (χ1v) is 7.44. The number of pyridine rings is 1. The highest BCUT2D eigenvalue weighted by atomic mass is 19.1. The minimum absolute atomic E-state index is 0.0307. The predicted molar refractivity (Wildman–Crippen MR) is 98.1 cm³/mol. The fourth-order valence-corrected chi connectivity index (χ4v) is 1.92. The van der Waals surface area contributed by atoms with Crippen LogP contribution in [-0.2, 0) is 0 Å². The Morgan fingerprint density at radius 3 is 2.80 bits per heavy atom. The highest BCUT2D eigenvalue weighted by Gasteiger charge is 2.18. The maximum atomic E-state index is 13.2. The molecule has 4 N–H and O–H groups in total. The molecular weight excluding hydrogens is 323 g/mol. The maximum Gasteiger partial charge on any atom is 0.339 e. The Morgan fingerprint density at radius 2 is 2.24 bits per heavy atom. The minimum Gasteiger partial charge on any atom is -0.478 e. The standard InChI is InChI=1S/C18H21FN4O2/c1-5-7-8-14(16(20)22-11(3)6-2)12(4)23-17-15(18(24)25)9-13(19)10-21-17/h5-10,12H,2-3H2,1,4H3,(H2,20,22)(H,21,23)(H,24,25)/b7-5-,14-8-. The van der Waals surface area contributed by atoms with Gasteiger partial charge in [-0.3, -0.25) is 0 Å². The molecule has 0 aliphatic heterocycles. The van der Waals surface area contributed by atoms with E-state index in [0.717, 1.165) is 12.3 Å². The monoisotopic (exact) mass is 344 g/mol. The lowest BCUT2D eigenvalue weighted by Gasteiger charge is -2.19. The highest BCUT2D eigenvalue weighted by Crippen LogP contribution is 2.17. The van der Waals surface area contributed by atoms with Gasteiger partial charge < -0.3 is 16.2 Å². The molecule has 25 heavy (non-hydrogen) atoms. The van der Waals surface area contributed by atoms with Crippen molar-refractivity contribution in [2.45, 2.75) is 19.9 Å². The summed E-state index contributed by atoms with van der Waals surface area (Å²) in [7, 11) is 0. The summed E-state index contributed by atoms with van der Waals surface area (Å²) >= 11 is 0. The number of aromatic nitrogens is 1. The Balaban J connectivity index is 3.22. The number of halogens is 1. The topological polar surface area (TPSA) is 101 Å². The summed E-state index contributed by atoms with van der Waals surface area (Å²) in [4.78, 5) is 19.2. The van der Waals surface area contributed by atoms with E-state index in [1.807, 2.05) is 6.92 Å². The van der Waals surface area contributed by atoms with Gasteiger partial charge in [0.15, 0.2) is 0 Å². The van der Waals surface area contributed by atoms with Crippen LogP contribution in [-0.4, -0.2) is 27.9 Å². The fraction of sp³-hybridized carbons (Fsp3) is 0.167. The Hall–Kier alpha value is -3.22. The number of anilines is 1. The summed E-state index contributed by atoms with van der Waals surface area (Å²) in [5.74, 6) is -1.80. The molecule has 1 heterocycles. The zero-order valence-corrected chi connectivity index (χ0v) is 14.2. The number of rotatable bonds is 8. The first kappa shape index (κ1) is 19.8. The van der Waals surface area contributed by atoms with Crippen molar-refractivity contribution in [1.29, 1.82) is 0 Å². The van der Waals surface area contributed by atoms with Gasteiger partial charge in [-0.05, 0) is 26.0 Å². The predicted octanol–water partition coefficient (Wildman–Crippen LogP) is 3.28. The van der Waals surface area contributed by atoms with Crippen molar-refractivity contribution in [2.75, 3.05) is 5.32 Å². The average Bonchev–Trinajstić information content (AvgIpc) is 2.56. The number of aromatic carboxylic acids is 1. The van der Waals surface area contributed by atoms with Crippen molar-refractivity contribution in [1.82, 2.24) is 4.98 Å². The molecule has 1 aromatic rings. The van der Waals surface area contributed by atoms with Crippen molar-refractivity contribution in [3.8, 4) is 0 Å². The molecule has 132 valence electrons.